The first-order chi connectivity index (χ1) is 9.22. The normalized spacial score (nSPS) is 24.7. The van der Waals surface area contributed by atoms with Crippen molar-refractivity contribution in [2.45, 2.75) is 45.2 Å². The van der Waals surface area contributed by atoms with Gasteiger partial charge >= 0.3 is 0 Å². The first-order valence-electron chi connectivity index (χ1n) is 7.31. The van der Waals surface area contributed by atoms with Crippen molar-refractivity contribution in [3.8, 4) is 0 Å². The third-order valence-corrected chi connectivity index (χ3v) is 3.98. The molecule has 2 rings (SSSR count). The molecule has 0 aliphatic carbocycles. The van der Waals surface area contributed by atoms with Gasteiger partial charge in [0.1, 0.15) is 0 Å². The molecular formula is C16H24N2O. The van der Waals surface area contributed by atoms with E-state index in [-0.39, 0.29) is 18.0 Å². The summed E-state index contributed by atoms with van der Waals surface area (Å²) in [5.41, 5.74) is 1.18. The highest BCUT2D eigenvalue weighted by molar-refractivity contribution is 5.82. The van der Waals surface area contributed by atoms with Crippen molar-refractivity contribution in [2.24, 2.45) is 5.92 Å². The number of benzene rings is 1. The number of hydrogen-bond acceptors (Lipinski definition) is 2. The van der Waals surface area contributed by atoms with Gasteiger partial charge in [-0.2, -0.15) is 0 Å². The maximum absolute atomic E-state index is 12.4. The zero-order chi connectivity index (χ0) is 13.7. The van der Waals surface area contributed by atoms with Crippen LogP contribution in [0, 0.1) is 5.92 Å². The Hall–Kier alpha value is -1.35. The summed E-state index contributed by atoms with van der Waals surface area (Å²) in [7, 11) is 0. The minimum Gasteiger partial charge on any atom is -0.348 e. The van der Waals surface area contributed by atoms with E-state index in [0.29, 0.717) is 5.92 Å². The smallest absolute Gasteiger partial charge is 0.237 e. The minimum atomic E-state index is -0.0356. The van der Waals surface area contributed by atoms with E-state index in [9.17, 15) is 4.79 Å². The van der Waals surface area contributed by atoms with E-state index in [1.54, 1.807) is 0 Å². The first-order valence-corrected chi connectivity index (χ1v) is 7.31. The van der Waals surface area contributed by atoms with Crippen molar-refractivity contribution < 1.29 is 4.79 Å². The highest BCUT2D eigenvalue weighted by atomic mass is 16.2. The molecule has 0 saturated carbocycles. The zero-order valence-corrected chi connectivity index (χ0v) is 11.9. The van der Waals surface area contributed by atoms with Gasteiger partial charge in [0.15, 0.2) is 0 Å². The maximum Gasteiger partial charge on any atom is 0.237 e. The van der Waals surface area contributed by atoms with Crippen LogP contribution in [0.2, 0.25) is 0 Å². The number of carbonyl (C=O) groups excluding carboxylic acids is 1. The van der Waals surface area contributed by atoms with Crippen molar-refractivity contribution in [3.05, 3.63) is 35.9 Å². The van der Waals surface area contributed by atoms with E-state index in [1.807, 2.05) is 18.2 Å². The number of hydrogen-bond donors (Lipinski definition) is 2. The molecule has 3 atom stereocenters. The quantitative estimate of drug-likeness (QED) is 0.874. The summed E-state index contributed by atoms with van der Waals surface area (Å²) in [5.74, 6) is 0.560. The van der Waals surface area contributed by atoms with Crippen molar-refractivity contribution in [2.75, 3.05) is 6.54 Å². The van der Waals surface area contributed by atoms with Gasteiger partial charge in [-0.3, -0.25) is 4.79 Å². The van der Waals surface area contributed by atoms with Crippen molar-refractivity contribution in [1.82, 2.24) is 10.6 Å². The molecule has 0 spiro atoms. The summed E-state index contributed by atoms with van der Waals surface area (Å²) < 4.78 is 0. The van der Waals surface area contributed by atoms with E-state index in [0.717, 1.165) is 19.4 Å². The van der Waals surface area contributed by atoms with Gasteiger partial charge in [0.05, 0.1) is 12.1 Å². The molecule has 0 bridgehead atoms. The van der Waals surface area contributed by atoms with E-state index in [2.05, 4.69) is 36.6 Å². The molecule has 0 radical (unpaired) electrons. The second-order valence-electron chi connectivity index (χ2n) is 5.43. The van der Waals surface area contributed by atoms with Gasteiger partial charge in [-0.15, -0.1) is 0 Å². The Kier molecular flexibility index (Phi) is 4.97. The summed E-state index contributed by atoms with van der Waals surface area (Å²) >= 11 is 0. The van der Waals surface area contributed by atoms with Crippen LogP contribution in [0.1, 0.15) is 44.7 Å². The molecule has 2 N–H and O–H groups in total. The van der Waals surface area contributed by atoms with Crippen molar-refractivity contribution in [3.63, 3.8) is 0 Å². The third-order valence-electron chi connectivity index (χ3n) is 3.98. The number of rotatable bonds is 4. The van der Waals surface area contributed by atoms with Crippen LogP contribution >= 0.6 is 0 Å². The second kappa shape index (κ2) is 6.71. The topological polar surface area (TPSA) is 41.1 Å². The van der Waals surface area contributed by atoms with E-state index in [1.165, 1.54) is 12.0 Å². The summed E-state index contributed by atoms with van der Waals surface area (Å²) in [5, 5.41) is 6.52. The third kappa shape index (κ3) is 3.57. The number of carbonyl (C=O) groups is 1. The van der Waals surface area contributed by atoms with Crippen LogP contribution in [0.15, 0.2) is 30.3 Å². The highest BCUT2D eigenvalue weighted by Gasteiger charge is 2.28. The molecule has 1 aromatic carbocycles. The summed E-state index contributed by atoms with van der Waals surface area (Å²) in [6.07, 6.45) is 3.21. The molecule has 1 aliphatic heterocycles. The molecule has 3 nitrogen and oxygen atoms in total. The fourth-order valence-electron chi connectivity index (χ4n) is 2.77. The van der Waals surface area contributed by atoms with Crippen LogP contribution in [0.4, 0.5) is 0 Å². The molecule has 1 fully saturated rings. The summed E-state index contributed by atoms with van der Waals surface area (Å²) in [6, 6.07) is 10.3. The van der Waals surface area contributed by atoms with Gasteiger partial charge in [0, 0.05) is 0 Å². The Balaban J connectivity index is 2.00. The predicted molar refractivity (Wildman–Crippen MR) is 77.8 cm³/mol. The fraction of sp³-hybridized carbons (Fsp3) is 0.562. The minimum absolute atomic E-state index is 0.0356. The first kappa shape index (κ1) is 14.1. The van der Waals surface area contributed by atoms with Gasteiger partial charge in [-0.1, -0.05) is 44.2 Å². The SMILES string of the molecule is CCC(NC(=O)C1NCCCC1C)c1ccccc1. The van der Waals surface area contributed by atoms with E-state index < -0.39 is 0 Å². The summed E-state index contributed by atoms with van der Waals surface area (Å²) in [4.78, 5) is 12.4. The monoisotopic (exact) mass is 260 g/mol. The Bertz CT molecular complexity index is 404. The highest BCUT2D eigenvalue weighted by Crippen LogP contribution is 2.19. The average Bonchev–Trinajstić information content (AvgIpc) is 2.46. The van der Waals surface area contributed by atoms with Gasteiger partial charge < -0.3 is 10.6 Å². The van der Waals surface area contributed by atoms with Crippen LogP contribution in [-0.4, -0.2) is 18.5 Å². The fourth-order valence-corrected chi connectivity index (χ4v) is 2.77. The molecule has 1 amide bonds. The van der Waals surface area contributed by atoms with E-state index >= 15 is 0 Å². The van der Waals surface area contributed by atoms with Crippen LogP contribution in [0.3, 0.4) is 0 Å². The number of piperidine rings is 1. The molecular weight excluding hydrogens is 236 g/mol. The standard InChI is InChI=1S/C16H24N2O/c1-3-14(13-9-5-4-6-10-13)18-16(19)15-12(2)8-7-11-17-15/h4-6,9-10,12,14-15,17H,3,7-8,11H2,1-2H3,(H,18,19). The zero-order valence-electron chi connectivity index (χ0n) is 11.9. The lowest BCUT2D eigenvalue weighted by Crippen LogP contribution is -2.51. The molecule has 3 heteroatoms. The Morgan fingerprint density at radius 1 is 1.42 bits per heavy atom. The second-order valence-corrected chi connectivity index (χ2v) is 5.43. The van der Waals surface area contributed by atoms with Gasteiger partial charge in [0.2, 0.25) is 5.91 Å². The van der Waals surface area contributed by atoms with Crippen LogP contribution < -0.4 is 10.6 Å². The van der Waals surface area contributed by atoms with Gasteiger partial charge in [0.25, 0.3) is 0 Å². The lowest BCUT2D eigenvalue weighted by molar-refractivity contribution is -0.125. The van der Waals surface area contributed by atoms with Crippen LogP contribution in [0.25, 0.3) is 0 Å². The molecule has 0 aromatic heterocycles. The average molecular weight is 260 g/mol. The largest absolute Gasteiger partial charge is 0.348 e. The Morgan fingerprint density at radius 3 is 2.79 bits per heavy atom. The Labute approximate surface area is 115 Å². The maximum atomic E-state index is 12.4. The summed E-state index contributed by atoms with van der Waals surface area (Å²) in [6.45, 7) is 5.21. The lowest BCUT2D eigenvalue weighted by Gasteiger charge is -2.30. The van der Waals surface area contributed by atoms with Gasteiger partial charge in [-0.25, -0.2) is 0 Å². The van der Waals surface area contributed by atoms with Gasteiger partial charge in [-0.05, 0) is 37.3 Å². The molecule has 19 heavy (non-hydrogen) atoms. The molecule has 1 aromatic rings. The molecule has 1 aliphatic rings. The Morgan fingerprint density at radius 2 is 2.16 bits per heavy atom. The van der Waals surface area contributed by atoms with Crippen LogP contribution in [-0.2, 0) is 4.79 Å². The lowest BCUT2D eigenvalue weighted by atomic mass is 9.91. The molecule has 1 heterocycles. The number of amides is 1. The molecule has 1 saturated heterocycles. The van der Waals surface area contributed by atoms with E-state index in [4.69, 9.17) is 0 Å². The molecule has 104 valence electrons. The predicted octanol–water partition coefficient (Wildman–Crippen LogP) is 2.64. The van der Waals surface area contributed by atoms with Crippen molar-refractivity contribution >= 4 is 5.91 Å². The van der Waals surface area contributed by atoms with Crippen molar-refractivity contribution in [1.29, 1.82) is 0 Å². The number of nitrogens with one attached hydrogen (secondary N) is 2. The molecule has 3 unspecified atom stereocenters. The van der Waals surface area contributed by atoms with Crippen LogP contribution in [0.5, 0.6) is 0 Å².